The predicted octanol–water partition coefficient (Wildman–Crippen LogP) is 3.27. The van der Waals surface area contributed by atoms with Gasteiger partial charge in [-0.1, -0.05) is 30.7 Å². The molecule has 0 bridgehead atoms. The average Bonchev–Trinajstić information content (AvgIpc) is 2.21. The van der Waals surface area contributed by atoms with Crippen molar-refractivity contribution in [3.8, 4) is 0 Å². The molecular weight excluding hydrogens is 194 g/mol. The van der Waals surface area contributed by atoms with Gasteiger partial charge in [0.25, 0.3) is 0 Å². The molecule has 0 amide bonds. The van der Waals surface area contributed by atoms with Crippen LogP contribution in [0.1, 0.15) is 25.8 Å². The monoisotopic (exact) mass is 211 g/mol. The molecule has 1 rings (SSSR count). The topological polar surface area (TPSA) is 12.0 Å². The molecule has 0 aliphatic carbocycles. The highest BCUT2D eigenvalue weighted by atomic mass is 35.5. The van der Waals surface area contributed by atoms with Crippen LogP contribution in [0.3, 0.4) is 0 Å². The van der Waals surface area contributed by atoms with E-state index in [0.29, 0.717) is 0 Å². The first-order valence-corrected chi connectivity index (χ1v) is 5.41. The molecule has 2 heteroatoms. The van der Waals surface area contributed by atoms with Crippen molar-refractivity contribution in [2.75, 3.05) is 7.05 Å². The fraction of sp³-hybridized carbons (Fsp3) is 0.500. The molecule has 1 aromatic carbocycles. The molecule has 0 heterocycles. The van der Waals surface area contributed by atoms with Crippen LogP contribution in [0.25, 0.3) is 0 Å². The van der Waals surface area contributed by atoms with Crippen molar-refractivity contribution in [3.63, 3.8) is 0 Å². The van der Waals surface area contributed by atoms with Gasteiger partial charge < -0.3 is 5.32 Å². The zero-order chi connectivity index (χ0) is 10.6. The number of hydrogen-bond acceptors (Lipinski definition) is 1. The zero-order valence-corrected chi connectivity index (χ0v) is 9.86. The molecule has 0 radical (unpaired) electrons. The van der Waals surface area contributed by atoms with E-state index >= 15 is 0 Å². The Hall–Kier alpha value is -0.530. The summed E-state index contributed by atoms with van der Waals surface area (Å²) in [5.41, 5.74) is 1.52. The van der Waals surface area contributed by atoms with E-state index in [1.54, 1.807) is 0 Å². The summed E-state index contributed by atoms with van der Waals surface area (Å²) in [5, 5.41) is 4.16. The summed E-state index contributed by atoms with van der Waals surface area (Å²) in [6.45, 7) is 4.44. The first-order chi connectivity index (χ1) is 6.59. The van der Waals surface area contributed by atoms with Gasteiger partial charge >= 0.3 is 0 Å². The van der Waals surface area contributed by atoms with Crippen LogP contribution < -0.4 is 5.32 Å². The lowest BCUT2D eigenvalue weighted by molar-refractivity contribution is 0.369. The van der Waals surface area contributed by atoms with E-state index in [-0.39, 0.29) is 5.54 Å². The van der Waals surface area contributed by atoms with Crippen LogP contribution in [0.15, 0.2) is 24.3 Å². The van der Waals surface area contributed by atoms with Crippen LogP contribution in [0.5, 0.6) is 0 Å². The van der Waals surface area contributed by atoms with Crippen LogP contribution in [0.4, 0.5) is 0 Å². The van der Waals surface area contributed by atoms with Gasteiger partial charge in [-0.2, -0.15) is 0 Å². The average molecular weight is 212 g/mol. The summed E-state index contributed by atoms with van der Waals surface area (Å²) < 4.78 is 0. The van der Waals surface area contributed by atoms with Crippen molar-refractivity contribution in [2.24, 2.45) is 0 Å². The molecular formula is C12H18ClN. The summed E-state index contributed by atoms with van der Waals surface area (Å²) in [7, 11) is 2.01. The number of likely N-dealkylation sites (N-methyl/N-ethyl adjacent to an activating group) is 1. The number of rotatable bonds is 4. The minimum Gasteiger partial charge on any atom is -0.314 e. The van der Waals surface area contributed by atoms with E-state index < -0.39 is 0 Å². The molecule has 1 nitrogen and oxygen atoms in total. The van der Waals surface area contributed by atoms with Gasteiger partial charge in [-0.15, -0.1) is 0 Å². The lowest BCUT2D eigenvalue weighted by Gasteiger charge is -2.27. The highest BCUT2D eigenvalue weighted by Gasteiger charge is 2.19. The van der Waals surface area contributed by atoms with E-state index in [2.05, 4.69) is 31.3 Å². The molecule has 78 valence electrons. The molecule has 0 fully saturated rings. The first-order valence-electron chi connectivity index (χ1n) is 5.03. The van der Waals surface area contributed by atoms with Crippen molar-refractivity contribution >= 4 is 11.6 Å². The molecule has 1 atom stereocenters. The van der Waals surface area contributed by atoms with Crippen molar-refractivity contribution in [1.82, 2.24) is 5.32 Å². The lowest BCUT2D eigenvalue weighted by atomic mass is 9.90. The summed E-state index contributed by atoms with van der Waals surface area (Å²) in [5.74, 6) is 0. The van der Waals surface area contributed by atoms with Gasteiger partial charge in [-0.3, -0.25) is 0 Å². The fourth-order valence-electron chi connectivity index (χ4n) is 1.44. The van der Waals surface area contributed by atoms with E-state index in [0.717, 1.165) is 17.9 Å². The second kappa shape index (κ2) is 4.81. The molecule has 0 spiro atoms. The molecule has 0 saturated carbocycles. The van der Waals surface area contributed by atoms with Crippen molar-refractivity contribution in [2.45, 2.75) is 32.2 Å². The lowest BCUT2D eigenvalue weighted by Crippen LogP contribution is -2.41. The van der Waals surface area contributed by atoms with Gasteiger partial charge in [0.15, 0.2) is 0 Å². The highest BCUT2D eigenvalue weighted by molar-refractivity contribution is 6.30. The van der Waals surface area contributed by atoms with Gasteiger partial charge in [0.05, 0.1) is 0 Å². The number of halogens is 1. The van der Waals surface area contributed by atoms with Gasteiger partial charge in [0.1, 0.15) is 0 Å². The highest BCUT2D eigenvalue weighted by Crippen LogP contribution is 2.18. The summed E-state index contributed by atoms with van der Waals surface area (Å²) in [6.07, 6.45) is 2.16. The molecule has 1 N–H and O–H groups in total. The Morgan fingerprint density at radius 1 is 1.29 bits per heavy atom. The summed E-state index contributed by atoms with van der Waals surface area (Å²) in [4.78, 5) is 0. The Morgan fingerprint density at radius 3 is 2.29 bits per heavy atom. The Balaban J connectivity index is 2.72. The Bertz CT molecular complexity index is 275. The number of benzene rings is 1. The van der Waals surface area contributed by atoms with Crippen LogP contribution >= 0.6 is 11.6 Å². The molecule has 14 heavy (non-hydrogen) atoms. The maximum absolute atomic E-state index is 5.84. The Morgan fingerprint density at radius 2 is 1.86 bits per heavy atom. The van der Waals surface area contributed by atoms with E-state index in [9.17, 15) is 0 Å². The van der Waals surface area contributed by atoms with Crippen LogP contribution in [0.2, 0.25) is 5.02 Å². The maximum atomic E-state index is 5.84. The largest absolute Gasteiger partial charge is 0.314 e. The van der Waals surface area contributed by atoms with E-state index in [1.807, 2.05) is 19.2 Å². The quantitative estimate of drug-likeness (QED) is 0.806. The first kappa shape index (κ1) is 11.5. The molecule has 1 aromatic rings. The van der Waals surface area contributed by atoms with Gasteiger partial charge in [-0.25, -0.2) is 0 Å². The Labute approximate surface area is 91.5 Å². The number of nitrogens with one attached hydrogen (secondary N) is 1. The third-order valence-corrected chi connectivity index (χ3v) is 3.14. The minimum absolute atomic E-state index is 0.188. The summed E-state index contributed by atoms with van der Waals surface area (Å²) >= 11 is 5.84. The van der Waals surface area contributed by atoms with Crippen LogP contribution in [-0.4, -0.2) is 12.6 Å². The minimum atomic E-state index is 0.188. The molecule has 0 aromatic heterocycles. The zero-order valence-electron chi connectivity index (χ0n) is 9.10. The van der Waals surface area contributed by atoms with Crippen LogP contribution in [0, 0.1) is 0 Å². The standard InChI is InChI=1S/C12H18ClN/c1-4-12(2,14-3)9-10-5-7-11(13)8-6-10/h5-8,14H,4,9H2,1-3H3. The van der Waals surface area contributed by atoms with Gasteiger partial charge in [0, 0.05) is 10.6 Å². The van der Waals surface area contributed by atoms with Crippen molar-refractivity contribution in [3.05, 3.63) is 34.9 Å². The van der Waals surface area contributed by atoms with E-state index in [1.165, 1.54) is 5.56 Å². The Kier molecular flexibility index (Phi) is 3.97. The van der Waals surface area contributed by atoms with E-state index in [4.69, 9.17) is 11.6 Å². The van der Waals surface area contributed by atoms with Gasteiger partial charge in [0.2, 0.25) is 0 Å². The molecule has 1 unspecified atom stereocenters. The number of hydrogen-bond donors (Lipinski definition) is 1. The van der Waals surface area contributed by atoms with Crippen LogP contribution in [-0.2, 0) is 6.42 Å². The molecule has 0 aliphatic rings. The second-order valence-corrected chi connectivity index (χ2v) is 4.40. The third kappa shape index (κ3) is 3.00. The fourth-order valence-corrected chi connectivity index (χ4v) is 1.57. The summed E-state index contributed by atoms with van der Waals surface area (Å²) in [6, 6.07) is 8.08. The predicted molar refractivity (Wildman–Crippen MR) is 62.9 cm³/mol. The maximum Gasteiger partial charge on any atom is 0.0406 e. The van der Waals surface area contributed by atoms with Crippen molar-refractivity contribution < 1.29 is 0 Å². The SMILES string of the molecule is CCC(C)(Cc1ccc(Cl)cc1)NC. The smallest absolute Gasteiger partial charge is 0.0406 e. The van der Waals surface area contributed by atoms with Gasteiger partial charge in [-0.05, 0) is 44.5 Å². The second-order valence-electron chi connectivity index (χ2n) is 3.97. The third-order valence-electron chi connectivity index (χ3n) is 2.89. The van der Waals surface area contributed by atoms with Crippen molar-refractivity contribution in [1.29, 1.82) is 0 Å². The normalized spacial score (nSPS) is 15.1. The molecule has 0 aliphatic heterocycles. The molecule has 0 saturated heterocycles.